The zero-order valence-corrected chi connectivity index (χ0v) is 45.9. The van der Waals surface area contributed by atoms with Gasteiger partial charge in [-0.05, 0) is 79.5 Å². The third-order valence-corrected chi connectivity index (χ3v) is 13.3. The van der Waals surface area contributed by atoms with Gasteiger partial charge in [-0.2, -0.15) is 11.8 Å². The van der Waals surface area contributed by atoms with E-state index in [1.807, 2.05) is 0 Å². The number of carboxylic acids is 2. The Labute approximate surface area is 461 Å². The topological polar surface area (TPSA) is 397 Å². The molecule has 0 unspecified atom stereocenters. The summed E-state index contributed by atoms with van der Waals surface area (Å²) in [4.78, 5) is 124. The fourth-order valence-electron chi connectivity index (χ4n) is 8.30. The second-order valence-electron chi connectivity index (χ2n) is 19.3. The number of rotatable bonds is 42. The molecule has 78 heavy (non-hydrogen) atoms. The molecule has 7 amide bonds. The number of aliphatic imine (C=N–C) groups is 1. The third-order valence-electron chi connectivity index (χ3n) is 12.7. The van der Waals surface area contributed by atoms with Crippen LogP contribution in [0.1, 0.15) is 146 Å². The Bertz CT molecular complexity index is 2230. The number of primary amides is 1. The first kappa shape index (κ1) is 67.0. The molecule has 6 atom stereocenters. The van der Waals surface area contributed by atoms with Gasteiger partial charge in [-0.25, -0.2) is 0 Å². The van der Waals surface area contributed by atoms with E-state index in [0.717, 1.165) is 32.1 Å². The fraction of sp³-hybridized carbons (Fsp3) is 0.593. The Hall–Kier alpha value is -7.11. The molecule has 0 saturated carbocycles. The SMILES string of the molecule is CCCCCCCCCCCCCCCC(=O)N[C@@H](CCC(=O)O)C(=O)N[C@@H](CC(=O)O)C(=O)N[C@@H](Cc1ccc(O)cc1)C(=O)N[C@@H](Cc1ccc(O)cc1)C(=O)N[C@@H](CCCN=C(N)N)C(=O)N[C@@H](CCSC)C(N)=O. The molecule has 24 heteroatoms. The zero-order chi connectivity index (χ0) is 57.8. The molecule has 0 heterocycles. The number of thioether (sulfide) groups is 1. The van der Waals surface area contributed by atoms with Gasteiger partial charge < -0.3 is 69.5 Å². The van der Waals surface area contributed by atoms with Crippen LogP contribution in [0.25, 0.3) is 0 Å². The summed E-state index contributed by atoms with van der Waals surface area (Å²) in [6, 6.07) is 2.20. The molecule has 0 aliphatic heterocycles. The maximum atomic E-state index is 14.5. The van der Waals surface area contributed by atoms with Crippen molar-refractivity contribution in [2.45, 2.75) is 184 Å². The van der Waals surface area contributed by atoms with Crippen molar-refractivity contribution >= 4 is 71.0 Å². The lowest BCUT2D eigenvalue weighted by atomic mass is 10.0. The fourth-order valence-corrected chi connectivity index (χ4v) is 8.77. The van der Waals surface area contributed by atoms with Crippen LogP contribution >= 0.6 is 11.8 Å². The van der Waals surface area contributed by atoms with Crippen molar-refractivity contribution < 1.29 is 63.6 Å². The van der Waals surface area contributed by atoms with Gasteiger partial charge in [-0.15, -0.1) is 0 Å². The molecular formula is C54H84N10O13S. The summed E-state index contributed by atoms with van der Waals surface area (Å²) in [6.45, 7) is 2.25. The number of nitrogens with one attached hydrogen (secondary N) is 6. The van der Waals surface area contributed by atoms with Crippen LogP contribution in [0.15, 0.2) is 53.5 Å². The van der Waals surface area contributed by atoms with Crippen LogP contribution in [0.4, 0.5) is 0 Å². The molecule has 0 spiro atoms. The van der Waals surface area contributed by atoms with Gasteiger partial charge in [-0.1, -0.05) is 108 Å². The van der Waals surface area contributed by atoms with Crippen LogP contribution in [0, 0.1) is 0 Å². The van der Waals surface area contributed by atoms with Gasteiger partial charge in [0.05, 0.1) is 6.42 Å². The second kappa shape index (κ2) is 38.4. The monoisotopic (exact) mass is 1110 g/mol. The first-order valence-corrected chi connectivity index (χ1v) is 28.3. The van der Waals surface area contributed by atoms with E-state index >= 15 is 0 Å². The minimum Gasteiger partial charge on any atom is -0.508 e. The average Bonchev–Trinajstić information content (AvgIpc) is 3.38. The van der Waals surface area contributed by atoms with E-state index in [1.54, 1.807) is 6.26 Å². The quantitative estimate of drug-likeness (QED) is 0.0258. The highest BCUT2D eigenvalue weighted by molar-refractivity contribution is 7.98. The number of hydrogen-bond donors (Lipinski definition) is 13. The highest BCUT2D eigenvalue weighted by Crippen LogP contribution is 2.17. The number of carbonyl (C=O) groups is 9. The van der Waals surface area contributed by atoms with Gasteiger partial charge >= 0.3 is 11.9 Å². The maximum absolute atomic E-state index is 14.5. The molecule has 23 nitrogen and oxygen atoms in total. The number of nitrogens with two attached hydrogens (primary N) is 3. The van der Waals surface area contributed by atoms with Crippen molar-refractivity contribution in [3.05, 3.63) is 59.7 Å². The summed E-state index contributed by atoms with van der Waals surface area (Å²) < 4.78 is 0. The van der Waals surface area contributed by atoms with E-state index in [9.17, 15) is 63.6 Å². The van der Waals surface area contributed by atoms with E-state index < -0.39 is 109 Å². The van der Waals surface area contributed by atoms with Crippen LogP contribution in [0.3, 0.4) is 0 Å². The number of benzene rings is 2. The lowest BCUT2D eigenvalue weighted by Gasteiger charge is -2.27. The number of phenolic OH excluding ortho intramolecular Hbond substituents is 2. The van der Waals surface area contributed by atoms with Gasteiger partial charge in [0.2, 0.25) is 41.4 Å². The van der Waals surface area contributed by atoms with Gasteiger partial charge in [0.15, 0.2) is 5.96 Å². The molecule has 0 saturated heterocycles. The lowest BCUT2D eigenvalue weighted by molar-refractivity contribution is -0.141. The van der Waals surface area contributed by atoms with Crippen molar-refractivity contribution in [1.29, 1.82) is 0 Å². The van der Waals surface area contributed by atoms with Gasteiger partial charge in [0.1, 0.15) is 47.8 Å². The Morgan fingerprint density at radius 3 is 1.33 bits per heavy atom. The first-order valence-electron chi connectivity index (χ1n) is 26.9. The van der Waals surface area contributed by atoms with Crippen molar-refractivity contribution in [3.8, 4) is 11.5 Å². The lowest BCUT2D eigenvalue weighted by Crippen LogP contribution is -2.60. The van der Waals surface area contributed by atoms with Crippen molar-refractivity contribution in [2.24, 2.45) is 22.2 Å². The molecule has 0 aromatic heterocycles. The molecule has 0 aliphatic carbocycles. The predicted molar refractivity (Wildman–Crippen MR) is 297 cm³/mol. The molecule has 0 aliphatic rings. The summed E-state index contributed by atoms with van der Waals surface area (Å²) >= 11 is 1.41. The summed E-state index contributed by atoms with van der Waals surface area (Å²) in [5.74, 6) is -9.09. The van der Waals surface area contributed by atoms with E-state index in [4.69, 9.17) is 17.2 Å². The van der Waals surface area contributed by atoms with E-state index in [0.29, 0.717) is 23.3 Å². The standard InChI is InChI=1S/C54H84N10O13S/c1-3-4-5-6-7-8-9-10-11-12-13-14-15-18-45(67)59-41(27-28-46(68)69)50(74)64-44(34-47(70)71)53(77)63-43(33-36-21-25-38(66)26-22-36)52(76)62-42(32-35-19-23-37(65)24-20-35)51(75)61-40(17-16-30-58-54(56)57)49(73)60-39(48(55)72)29-31-78-2/h19-26,39-44,65-66H,3-18,27-34H2,1-2H3,(H2,55,72)(H,59,67)(H,60,73)(H,61,75)(H,62,76)(H,63,77)(H,64,74)(H,68,69)(H,70,71)(H4,56,57,58)/t39-,40-,41-,42-,43-,44-/m0/s1. The molecule has 0 radical (unpaired) electrons. The van der Waals surface area contributed by atoms with Crippen molar-refractivity contribution in [1.82, 2.24) is 31.9 Å². The highest BCUT2D eigenvalue weighted by atomic mass is 32.2. The van der Waals surface area contributed by atoms with E-state index in [2.05, 4.69) is 43.8 Å². The summed E-state index contributed by atoms with van der Waals surface area (Å²) in [6.07, 6.45) is 13.8. The van der Waals surface area contributed by atoms with Crippen LogP contribution in [0.2, 0.25) is 0 Å². The Balaban J connectivity index is 2.38. The first-order chi connectivity index (χ1) is 37.2. The maximum Gasteiger partial charge on any atom is 0.305 e. The number of carbonyl (C=O) groups excluding carboxylic acids is 7. The number of phenols is 2. The Morgan fingerprint density at radius 1 is 0.487 bits per heavy atom. The van der Waals surface area contributed by atoms with Crippen LogP contribution in [-0.4, -0.2) is 134 Å². The molecule has 0 bridgehead atoms. The minimum absolute atomic E-state index is 0.0366. The smallest absolute Gasteiger partial charge is 0.305 e. The number of nitrogens with zero attached hydrogens (tertiary/aromatic N) is 1. The minimum atomic E-state index is -1.88. The highest BCUT2D eigenvalue weighted by Gasteiger charge is 2.34. The number of unbranched alkanes of at least 4 members (excludes halogenated alkanes) is 12. The Kier molecular flexibility index (Phi) is 33.0. The van der Waals surface area contributed by atoms with Crippen molar-refractivity contribution in [2.75, 3.05) is 18.6 Å². The molecule has 16 N–H and O–H groups in total. The second-order valence-corrected chi connectivity index (χ2v) is 20.3. The van der Waals surface area contributed by atoms with Crippen LogP contribution < -0.4 is 49.1 Å². The summed E-state index contributed by atoms with van der Waals surface area (Å²) in [5, 5.41) is 54.5. The largest absolute Gasteiger partial charge is 0.508 e. The third kappa shape index (κ3) is 29.4. The molecule has 2 aromatic carbocycles. The molecular weight excluding hydrogens is 1030 g/mol. The summed E-state index contributed by atoms with van der Waals surface area (Å²) in [7, 11) is 0. The zero-order valence-electron chi connectivity index (χ0n) is 45.1. The molecule has 2 aromatic rings. The number of aromatic hydroxyl groups is 2. The van der Waals surface area contributed by atoms with Gasteiger partial charge in [-0.3, -0.25) is 48.1 Å². The number of carboxylic acid groups (broad SMARTS) is 2. The number of amides is 7. The number of aliphatic carboxylic acids is 2. The summed E-state index contributed by atoms with van der Waals surface area (Å²) in [5.41, 5.74) is 17.3. The molecule has 434 valence electrons. The number of guanidine groups is 1. The average molecular weight is 1110 g/mol. The van der Waals surface area contributed by atoms with Crippen LogP contribution in [0.5, 0.6) is 11.5 Å². The van der Waals surface area contributed by atoms with Gasteiger partial charge in [0, 0.05) is 32.2 Å². The predicted octanol–water partition coefficient (Wildman–Crippen LogP) is 2.90. The van der Waals surface area contributed by atoms with Crippen LogP contribution in [-0.2, 0) is 56.0 Å². The van der Waals surface area contributed by atoms with E-state index in [1.165, 1.54) is 105 Å². The van der Waals surface area contributed by atoms with E-state index in [-0.39, 0.29) is 62.5 Å². The Morgan fingerprint density at radius 2 is 0.897 bits per heavy atom. The van der Waals surface area contributed by atoms with Crippen molar-refractivity contribution in [3.63, 3.8) is 0 Å². The van der Waals surface area contributed by atoms with Gasteiger partial charge in [0.25, 0.3) is 0 Å². The molecule has 2 rings (SSSR count). The molecule has 0 fully saturated rings. The number of hydrogen-bond acceptors (Lipinski definition) is 13. The normalized spacial score (nSPS) is 13.3.